The fraction of sp³-hybridized carbons (Fsp3) is 0.280. The Hall–Kier alpha value is -3.25. The van der Waals surface area contributed by atoms with E-state index in [0.717, 1.165) is 16.5 Å². The number of para-hydroxylation sites is 1. The van der Waals surface area contributed by atoms with Crippen molar-refractivity contribution in [3.63, 3.8) is 0 Å². The molecule has 166 valence electrons. The maximum atomic E-state index is 13.2. The summed E-state index contributed by atoms with van der Waals surface area (Å²) in [5.74, 6) is -0.0102. The normalized spacial score (nSPS) is 17.0. The van der Waals surface area contributed by atoms with E-state index < -0.39 is 17.7 Å². The van der Waals surface area contributed by atoms with Crippen LogP contribution in [0.3, 0.4) is 0 Å². The summed E-state index contributed by atoms with van der Waals surface area (Å²) in [6.45, 7) is 5.42. The summed E-state index contributed by atoms with van der Waals surface area (Å²) in [5, 5.41) is 1.47. The largest absolute Gasteiger partial charge is 0.466 e. The van der Waals surface area contributed by atoms with E-state index in [1.807, 2.05) is 42.5 Å². The quantitative estimate of drug-likeness (QED) is 0.349. The van der Waals surface area contributed by atoms with Crippen molar-refractivity contribution in [2.45, 2.75) is 38.7 Å². The van der Waals surface area contributed by atoms with Crippen molar-refractivity contribution in [3.8, 4) is 5.88 Å². The summed E-state index contributed by atoms with van der Waals surface area (Å²) in [7, 11) is 1.31. The van der Waals surface area contributed by atoms with Crippen LogP contribution in [0.25, 0.3) is 10.9 Å². The molecule has 6 nitrogen and oxygen atoms in total. The molecule has 0 spiro atoms. The highest BCUT2D eigenvalue weighted by atomic mass is 35.5. The number of fused-ring (bicyclic) bond motifs is 3. The molecule has 1 aliphatic heterocycles. The van der Waals surface area contributed by atoms with Gasteiger partial charge < -0.3 is 14.2 Å². The number of halogens is 1. The Bertz CT molecular complexity index is 1230. The van der Waals surface area contributed by atoms with Crippen LogP contribution >= 0.6 is 11.6 Å². The molecule has 1 unspecified atom stereocenters. The van der Waals surface area contributed by atoms with Crippen LogP contribution in [0.4, 0.5) is 4.79 Å². The van der Waals surface area contributed by atoms with Crippen molar-refractivity contribution in [1.29, 1.82) is 0 Å². The molecule has 0 amide bonds. The zero-order valence-corrected chi connectivity index (χ0v) is 19.1. The summed E-state index contributed by atoms with van der Waals surface area (Å²) < 4.78 is 18.0. The van der Waals surface area contributed by atoms with E-state index in [0.29, 0.717) is 28.6 Å². The zero-order chi connectivity index (χ0) is 23.0. The van der Waals surface area contributed by atoms with Crippen LogP contribution < -0.4 is 4.74 Å². The molecule has 0 saturated carbocycles. The van der Waals surface area contributed by atoms with Gasteiger partial charge in [-0.3, -0.25) is 0 Å². The molecule has 32 heavy (non-hydrogen) atoms. The maximum absolute atomic E-state index is 13.2. The molecule has 1 aliphatic rings. The molecule has 2 heterocycles. The van der Waals surface area contributed by atoms with E-state index >= 15 is 0 Å². The third-order valence-electron chi connectivity index (χ3n) is 5.16. The predicted molar refractivity (Wildman–Crippen MR) is 122 cm³/mol. The third-order valence-corrected chi connectivity index (χ3v) is 5.39. The number of methoxy groups -OCH3 is 1. The summed E-state index contributed by atoms with van der Waals surface area (Å²) in [6.07, 6.45) is 1.15. The van der Waals surface area contributed by atoms with Gasteiger partial charge in [-0.05, 0) is 44.5 Å². The van der Waals surface area contributed by atoms with Gasteiger partial charge in [0, 0.05) is 28.3 Å². The standard InChI is InChI=1S/C25H24ClNO5/c1-25(2,3)32-24(29)27-20-11-6-5-10-18(20)22-19(15-8-7-9-16(26)12-15)13-17(31-23(22)27)14-21(28)30-4/h5-12,14,19H,13H2,1-4H3/b17-14+. The fourth-order valence-electron chi connectivity index (χ4n) is 3.92. The highest BCUT2D eigenvalue weighted by Crippen LogP contribution is 2.47. The Balaban J connectivity index is 1.98. The van der Waals surface area contributed by atoms with Crippen LogP contribution in [0.1, 0.15) is 44.2 Å². The maximum Gasteiger partial charge on any atom is 0.421 e. The summed E-state index contributed by atoms with van der Waals surface area (Å²) >= 11 is 6.28. The Morgan fingerprint density at radius 1 is 1.16 bits per heavy atom. The van der Waals surface area contributed by atoms with Gasteiger partial charge in [0.25, 0.3) is 0 Å². The molecule has 1 atom stereocenters. The van der Waals surface area contributed by atoms with Crippen LogP contribution in [-0.2, 0) is 14.3 Å². The first-order valence-electron chi connectivity index (χ1n) is 10.3. The molecule has 2 aromatic carbocycles. The minimum atomic E-state index is -0.693. The van der Waals surface area contributed by atoms with Gasteiger partial charge in [0.2, 0.25) is 5.88 Å². The number of allylic oxidation sites excluding steroid dienone is 1. The molecule has 4 rings (SSSR count). The first-order chi connectivity index (χ1) is 15.2. The van der Waals surface area contributed by atoms with E-state index in [2.05, 4.69) is 0 Å². The lowest BCUT2D eigenvalue weighted by atomic mass is 9.86. The van der Waals surface area contributed by atoms with E-state index in [4.69, 9.17) is 25.8 Å². The molecule has 0 fully saturated rings. The van der Waals surface area contributed by atoms with Gasteiger partial charge in [0.05, 0.1) is 18.7 Å². The van der Waals surface area contributed by atoms with E-state index in [1.165, 1.54) is 17.8 Å². The smallest absolute Gasteiger partial charge is 0.421 e. The van der Waals surface area contributed by atoms with Gasteiger partial charge in [-0.15, -0.1) is 0 Å². The van der Waals surface area contributed by atoms with Crippen molar-refractivity contribution in [3.05, 3.63) is 76.5 Å². The Morgan fingerprint density at radius 3 is 2.59 bits per heavy atom. The molecule has 0 radical (unpaired) electrons. The first kappa shape index (κ1) is 22.0. The van der Waals surface area contributed by atoms with Crippen LogP contribution in [0.15, 0.2) is 60.4 Å². The Morgan fingerprint density at radius 2 is 1.91 bits per heavy atom. The van der Waals surface area contributed by atoms with Crippen molar-refractivity contribution >= 4 is 34.6 Å². The number of hydrogen-bond acceptors (Lipinski definition) is 5. The molecule has 3 aromatic rings. The van der Waals surface area contributed by atoms with E-state index in [-0.39, 0.29) is 5.92 Å². The van der Waals surface area contributed by atoms with Gasteiger partial charge in [0.15, 0.2) is 0 Å². The van der Waals surface area contributed by atoms with Gasteiger partial charge in [-0.1, -0.05) is 41.9 Å². The molecular weight excluding hydrogens is 430 g/mol. The number of ether oxygens (including phenoxy) is 3. The first-order valence-corrected chi connectivity index (χ1v) is 10.6. The number of benzene rings is 2. The average molecular weight is 454 g/mol. The lowest BCUT2D eigenvalue weighted by Crippen LogP contribution is -2.28. The summed E-state index contributed by atoms with van der Waals surface area (Å²) in [5.41, 5.74) is 1.76. The van der Waals surface area contributed by atoms with Gasteiger partial charge in [-0.25, -0.2) is 14.2 Å². The van der Waals surface area contributed by atoms with Crippen molar-refractivity contribution in [1.82, 2.24) is 4.57 Å². The fourth-order valence-corrected chi connectivity index (χ4v) is 4.12. The molecule has 0 aliphatic carbocycles. The molecular formula is C25H24ClNO5. The summed E-state index contributed by atoms with van der Waals surface area (Å²) in [6, 6.07) is 15.1. The van der Waals surface area contributed by atoms with Crippen LogP contribution in [0, 0.1) is 0 Å². The van der Waals surface area contributed by atoms with Crippen LogP contribution in [-0.4, -0.2) is 29.3 Å². The van der Waals surface area contributed by atoms with Crippen LogP contribution in [0.5, 0.6) is 5.88 Å². The van der Waals surface area contributed by atoms with E-state index in [9.17, 15) is 9.59 Å². The second kappa shape index (κ2) is 8.36. The zero-order valence-electron chi connectivity index (χ0n) is 18.3. The number of rotatable bonds is 2. The Labute approximate surface area is 191 Å². The second-order valence-corrected chi connectivity index (χ2v) is 9.04. The topological polar surface area (TPSA) is 66.8 Å². The highest BCUT2D eigenvalue weighted by Gasteiger charge is 2.36. The number of nitrogens with zero attached hydrogens (tertiary/aromatic N) is 1. The Kier molecular flexibility index (Phi) is 5.73. The highest BCUT2D eigenvalue weighted by molar-refractivity contribution is 6.30. The minimum Gasteiger partial charge on any atom is -0.466 e. The second-order valence-electron chi connectivity index (χ2n) is 8.60. The van der Waals surface area contributed by atoms with Crippen molar-refractivity contribution in [2.24, 2.45) is 0 Å². The van der Waals surface area contributed by atoms with Gasteiger partial charge in [-0.2, -0.15) is 0 Å². The number of hydrogen-bond donors (Lipinski definition) is 0. The van der Waals surface area contributed by atoms with Gasteiger partial charge in [0.1, 0.15) is 11.4 Å². The molecule has 0 saturated heterocycles. The summed E-state index contributed by atoms with van der Waals surface area (Å²) in [4.78, 5) is 25.2. The molecule has 1 aromatic heterocycles. The average Bonchev–Trinajstić information content (AvgIpc) is 3.06. The molecule has 0 bridgehead atoms. The van der Waals surface area contributed by atoms with Crippen molar-refractivity contribution < 1.29 is 23.8 Å². The van der Waals surface area contributed by atoms with Crippen molar-refractivity contribution in [2.75, 3.05) is 7.11 Å². The third kappa shape index (κ3) is 4.23. The monoisotopic (exact) mass is 453 g/mol. The minimum absolute atomic E-state index is 0.193. The number of carbonyl (C=O) groups excluding carboxylic acids is 2. The molecule has 0 N–H and O–H groups in total. The van der Waals surface area contributed by atoms with Crippen LogP contribution in [0.2, 0.25) is 5.02 Å². The van der Waals surface area contributed by atoms with E-state index in [1.54, 1.807) is 26.8 Å². The van der Waals surface area contributed by atoms with Gasteiger partial charge >= 0.3 is 12.1 Å². The number of aromatic nitrogens is 1. The number of carbonyl (C=O) groups is 2. The molecule has 7 heteroatoms. The SMILES string of the molecule is COC(=O)/C=C1\CC(c2cccc(Cl)c2)c2c(n(C(=O)OC(C)(C)C)c3ccccc23)O1. The number of esters is 1. The predicted octanol–water partition coefficient (Wildman–Crippen LogP) is 6.05. The lowest BCUT2D eigenvalue weighted by Gasteiger charge is -2.27. The lowest BCUT2D eigenvalue weighted by molar-refractivity contribution is -0.135.